The molecule has 3 heterocycles. The van der Waals surface area contributed by atoms with E-state index in [2.05, 4.69) is 10.2 Å². The Kier molecular flexibility index (Phi) is 11.1. The smallest absolute Gasteiger partial charge is 0.320 e. The summed E-state index contributed by atoms with van der Waals surface area (Å²) in [6.07, 6.45) is 13.8. The van der Waals surface area contributed by atoms with Gasteiger partial charge in [0.05, 0.1) is 37.3 Å². The Bertz CT molecular complexity index is 1260. The van der Waals surface area contributed by atoms with Crippen molar-refractivity contribution in [1.29, 1.82) is 0 Å². The predicted octanol–water partition coefficient (Wildman–Crippen LogP) is 4.52. The second kappa shape index (κ2) is 15.1. The van der Waals surface area contributed by atoms with Crippen molar-refractivity contribution in [3.05, 3.63) is 34.6 Å². The average molecular weight is 596 g/mol. The Labute approximate surface area is 255 Å². The van der Waals surface area contributed by atoms with E-state index in [1.54, 1.807) is 18.7 Å². The maximum absolute atomic E-state index is 14.0. The van der Waals surface area contributed by atoms with Gasteiger partial charge in [0.2, 0.25) is 0 Å². The van der Waals surface area contributed by atoms with E-state index in [0.29, 0.717) is 37.0 Å². The normalized spacial score (nSPS) is 23.2. The number of rotatable bonds is 12. The molecule has 0 unspecified atom stereocenters. The maximum atomic E-state index is 14.0. The standard InChI is InChI=1S/C33H49N5O5/c1-3-42-30(39)22-36(23-31(40)43-4-2)19-18-34-32-33(41)38(29-15-11-10-14-28(29)35-32)27-20-25-16-17-26(21-27)37(25)24-12-8-6-5-7-9-13-24/h10-11,14-15,24-27H,3-9,12-13,16-23H2,1-2H3,(H,34,35)/t25-,26+,27+. The lowest BCUT2D eigenvalue weighted by Gasteiger charge is -2.45. The quantitative estimate of drug-likeness (QED) is 0.355. The zero-order valence-electron chi connectivity index (χ0n) is 26.0. The van der Waals surface area contributed by atoms with Gasteiger partial charge in [-0.3, -0.25) is 24.2 Å². The highest BCUT2D eigenvalue weighted by Gasteiger charge is 2.44. The van der Waals surface area contributed by atoms with Crippen LogP contribution in [0.5, 0.6) is 0 Å². The first-order chi connectivity index (χ1) is 21.0. The van der Waals surface area contributed by atoms with E-state index in [1.165, 1.54) is 57.8 Å². The largest absolute Gasteiger partial charge is 0.465 e. The van der Waals surface area contributed by atoms with Crippen molar-refractivity contribution in [2.24, 2.45) is 0 Å². The summed E-state index contributed by atoms with van der Waals surface area (Å²) in [5.41, 5.74) is 1.56. The Morgan fingerprint density at radius 3 is 2.09 bits per heavy atom. The number of nitrogens with zero attached hydrogens (tertiary/aromatic N) is 4. The third kappa shape index (κ3) is 7.76. The number of esters is 2. The molecule has 5 rings (SSSR count). The molecule has 236 valence electrons. The van der Waals surface area contributed by atoms with Crippen LogP contribution in [-0.2, 0) is 19.1 Å². The van der Waals surface area contributed by atoms with Crippen LogP contribution in [0.25, 0.3) is 11.0 Å². The zero-order chi connectivity index (χ0) is 30.2. The monoisotopic (exact) mass is 595 g/mol. The molecule has 2 bridgehead atoms. The van der Waals surface area contributed by atoms with Crippen molar-refractivity contribution in [3.8, 4) is 0 Å². The van der Waals surface area contributed by atoms with Gasteiger partial charge in [0.1, 0.15) is 0 Å². The van der Waals surface area contributed by atoms with E-state index in [0.717, 1.165) is 23.9 Å². The van der Waals surface area contributed by atoms with Crippen molar-refractivity contribution in [2.45, 2.75) is 109 Å². The van der Waals surface area contributed by atoms with Crippen LogP contribution in [0.2, 0.25) is 0 Å². The first-order valence-corrected chi connectivity index (χ1v) is 16.5. The summed E-state index contributed by atoms with van der Waals surface area (Å²) < 4.78 is 12.2. The number of benzene rings is 1. The van der Waals surface area contributed by atoms with Gasteiger partial charge in [-0.2, -0.15) is 0 Å². The number of nitrogens with one attached hydrogen (secondary N) is 1. The summed E-state index contributed by atoms with van der Waals surface area (Å²) in [6, 6.07) is 9.79. The zero-order valence-corrected chi connectivity index (χ0v) is 26.0. The fourth-order valence-corrected chi connectivity index (χ4v) is 7.68. The van der Waals surface area contributed by atoms with Gasteiger partial charge in [-0.05, 0) is 64.5 Å². The Morgan fingerprint density at radius 2 is 1.47 bits per heavy atom. The molecule has 3 aliphatic rings. The van der Waals surface area contributed by atoms with Gasteiger partial charge in [-0.1, -0.05) is 44.2 Å². The Morgan fingerprint density at radius 1 is 0.860 bits per heavy atom. The van der Waals surface area contributed by atoms with E-state index in [9.17, 15) is 14.4 Å². The van der Waals surface area contributed by atoms with E-state index < -0.39 is 11.9 Å². The second-order valence-electron chi connectivity index (χ2n) is 12.3. The van der Waals surface area contributed by atoms with Crippen LogP contribution in [-0.4, -0.2) is 88.8 Å². The van der Waals surface area contributed by atoms with Gasteiger partial charge in [0, 0.05) is 37.3 Å². The third-order valence-corrected chi connectivity index (χ3v) is 9.46. The van der Waals surface area contributed by atoms with Crippen molar-refractivity contribution in [1.82, 2.24) is 19.4 Å². The molecular weight excluding hydrogens is 546 g/mol. The first kappa shape index (κ1) is 31.4. The first-order valence-electron chi connectivity index (χ1n) is 16.5. The molecule has 1 N–H and O–H groups in total. The summed E-state index contributed by atoms with van der Waals surface area (Å²) in [5.74, 6) is -0.502. The average Bonchev–Trinajstić information content (AvgIpc) is 3.22. The number of hydrogen-bond acceptors (Lipinski definition) is 9. The number of hydrogen-bond donors (Lipinski definition) is 1. The van der Waals surface area contributed by atoms with Gasteiger partial charge in [0.15, 0.2) is 5.82 Å². The molecule has 0 spiro atoms. The number of para-hydroxylation sites is 2. The molecule has 2 saturated heterocycles. The van der Waals surface area contributed by atoms with E-state index in [1.807, 2.05) is 28.8 Å². The summed E-state index contributed by atoms with van der Waals surface area (Å²) in [4.78, 5) is 47.6. The summed E-state index contributed by atoms with van der Waals surface area (Å²) in [7, 11) is 0. The van der Waals surface area contributed by atoms with Crippen LogP contribution in [0.15, 0.2) is 29.1 Å². The molecule has 10 heteroatoms. The van der Waals surface area contributed by atoms with Gasteiger partial charge < -0.3 is 19.4 Å². The summed E-state index contributed by atoms with van der Waals surface area (Å²) in [6.45, 7) is 4.65. The molecule has 2 aromatic rings. The van der Waals surface area contributed by atoms with Crippen LogP contribution >= 0.6 is 0 Å². The fraction of sp³-hybridized carbons (Fsp3) is 0.697. The molecule has 1 saturated carbocycles. The van der Waals surface area contributed by atoms with E-state index in [-0.39, 0.29) is 37.9 Å². The highest BCUT2D eigenvalue weighted by atomic mass is 16.5. The van der Waals surface area contributed by atoms with Crippen LogP contribution < -0.4 is 10.9 Å². The highest BCUT2D eigenvalue weighted by molar-refractivity contribution is 5.76. The second-order valence-corrected chi connectivity index (χ2v) is 12.3. The minimum absolute atomic E-state index is 0.0357. The molecule has 1 aromatic heterocycles. The van der Waals surface area contributed by atoms with Gasteiger partial charge >= 0.3 is 11.9 Å². The molecule has 43 heavy (non-hydrogen) atoms. The summed E-state index contributed by atoms with van der Waals surface area (Å²) >= 11 is 0. The molecular formula is C33H49N5O5. The number of fused-ring (bicyclic) bond motifs is 3. The van der Waals surface area contributed by atoms with Crippen LogP contribution in [0, 0.1) is 0 Å². The molecule has 3 fully saturated rings. The molecule has 1 aromatic carbocycles. The number of anilines is 1. The third-order valence-electron chi connectivity index (χ3n) is 9.46. The molecule has 0 radical (unpaired) electrons. The fourth-order valence-electron chi connectivity index (χ4n) is 7.68. The SMILES string of the molecule is CCOC(=O)CN(CCNc1nc2ccccc2n([C@H]2C[C@H]3CC[C@@H](C2)N3C2CCCCCCC2)c1=O)CC(=O)OCC. The molecule has 1 aliphatic carbocycles. The highest BCUT2D eigenvalue weighted by Crippen LogP contribution is 2.44. The van der Waals surface area contributed by atoms with Crippen molar-refractivity contribution in [2.75, 3.05) is 44.7 Å². The Hall–Kier alpha value is -2.98. The Balaban J connectivity index is 1.32. The molecule has 2 aliphatic heterocycles. The van der Waals surface area contributed by atoms with Crippen LogP contribution in [0.1, 0.15) is 90.5 Å². The predicted molar refractivity (Wildman–Crippen MR) is 167 cm³/mol. The minimum atomic E-state index is -0.404. The number of piperidine rings is 1. The van der Waals surface area contributed by atoms with Gasteiger partial charge in [0.25, 0.3) is 5.56 Å². The van der Waals surface area contributed by atoms with Crippen LogP contribution in [0.3, 0.4) is 0 Å². The lowest BCUT2D eigenvalue weighted by Crippen LogP contribution is -2.50. The lowest BCUT2D eigenvalue weighted by atomic mass is 9.89. The number of aromatic nitrogens is 2. The number of carbonyl (C=O) groups excluding carboxylic acids is 2. The van der Waals surface area contributed by atoms with Crippen molar-refractivity contribution < 1.29 is 19.1 Å². The maximum Gasteiger partial charge on any atom is 0.320 e. The number of carbonyl (C=O) groups is 2. The molecule has 0 amide bonds. The van der Waals surface area contributed by atoms with Gasteiger partial charge in [-0.25, -0.2) is 4.98 Å². The van der Waals surface area contributed by atoms with Crippen molar-refractivity contribution >= 4 is 28.8 Å². The van der Waals surface area contributed by atoms with Crippen LogP contribution in [0.4, 0.5) is 5.82 Å². The van der Waals surface area contributed by atoms with Crippen molar-refractivity contribution in [3.63, 3.8) is 0 Å². The van der Waals surface area contributed by atoms with E-state index >= 15 is 0 Å². The molecule has 3 atom stereocenters. The lowest BCUT2D eigenvalue weighted by molar-refractivity contribution is -0.148. The minimum Gasteiger partial charge on any atom is -0.465 e. The topological polar surface area (TPSA) is 106 Å². The summed E-state index contributed by atoms with van der Waals surface area (Å²) in [5, 5.41) is 3.24. The molecule has 10 nitrogen and oxygen atoms in total. The number of ether oxygens (including phenoxy) is 2. The van der Waals surface area contributed by atoms with Gasteiger partial charge in [-0.15, -0.1) is 0 Å². The van der Waals surface area contributed by atoms with E-state index in [4.69, 9.17) is 14.5 Å².